The zero-order valence-corrected chi connectivity index (χ0v) is 11.1. The van der Waals surface area contributed by atoms with Crippen molar-refractivity contribution in [2.45, 2.75) is 0 Å². The Labute approximate surface area is 116 Å². The summed E-state index contributed by atoms with van der Waals surface area (Å²) in [6, 6.07) is 10.2. The molecular weight excluding hydrogens is 252 g/mol. The summed E-state index contributed by atoms with van der Waals surface area (Å²) >= 11 is 0. The quantitative estimate of drug-likeness (QED) is 0.748. The number of furan rings is 1. The van der Waals surface area contributed by atoms with Crippen LogP contribution in [0.1, 0.15) is 0 Å². The Morgan fingerprint density at radius 1 is 1.15 bits per heavy atom. The van der Waals surface area contributed by atoms with Crippen molar-refractivity contribution in [1.82, 2.24) is 15.3 Å². The minimum Gasteiger partial charge on any atom is -0.461 e. The molecule has 1 aromatic carbocycles. The molecule has 0 saturated carbocycles. The summed E-state index contributed by atoms with van der Waals surface area (Å²) in [5.74, 6) is 1.55. The molecule has 0 amide bonds. The van der Waals surface area contributed by atoms with E-state index in [0.29, 0.717) is 0 Å². The number of piperazine rings is 1. The van der Waals surface area contributed by atoms with Crippen molar-refractivity contribution >= 4 is 16.7 Å². The molecule has 0 aliphatic carbocycles. The number of anilines is 1. The van der Waals surface area contributed by atoms with Gasteiger partial charge in [-0.3, -0.25) is 0 Å². The van der Waals surface area contributed by atoms with Crippen LogP contribution in [-0.4, -0.2) is 36.1 Å². The monoisotopic (exact) mass is 268 g/mol. The maximum Gasteiger partial charge on any atom is 0.174 e. The predicted octanol–water partition coefficient (Wildman–Crippen LogP) is 2.23. The topological polar surface area (TPSA) is 57.1 Å². The highest BCUT2D eigenvalue weighted by Crippen LogP contribution is 2.24. The fraction of sp³-hybridized carbons (Fsp3) is 0.267. The van der Waals surface area contributed by atoms with Crippen molar-refractivity contribution in [2.24, 2.45) is 0 Å². The van der Waals surface area contributed by atoms with E-state index >= 15 is 0 Å². The standard InChI is InChI=1S/C15H16N4O/c1-2-14(20-9-1)15-17-12-4-3-11(10-13(12)18-15)19-7-5-16-6-8-19/h1-4,9-10,16H,5-8H2,(H,17,18). The lowest BCUT2D eigenvalue weighted by Gasteiger charge is -2.29. The Bertz CT molecular complexity index is 711. The summed E-state index contributed by atoms with van der Waals surface area (Å²) < 4.78 is 5.38. The largest absolute Gasteiger partial charge is 0.461 e. The van der Waals surface area contributed by atoms with E-state index in [0.717, 1.165) is 48.8 Å². The molecule has 0 radical (unpaired) electrons. The molecule has 0 spiro atoms. The van der Waals surface area contributed by atoms with E-state index in [1.165, 1.54) is 5.69 Å². The van der Waals surface area contributed by atoms with Crippen molar-refractivity contribution < 1.29 is 4.42 Å². The smallest absolute Gasteiger partial charge is 0.174 e. The van der Waals surface area contributed by atoms with E-state index < -0.39 is 0 Å². The summed E-state index contributed by atoms with van der Waals surface area (Å²) in [6.07, 6.45) is 1.66. The number of benzene rings is 1. The Balaban J connectivity index is 1.72. The van der Waals surface area contributed by atoms with Crippen LogP contribution in [0.5, 0.6) is 0 Å². The number of aromatic nitrogens is 2. The number of H-pyrrole nitrogens is 1. The molecule has 4 rings (SSSR count). The van der Waals surface area contributed by atoms with Crippen LogP contribution in [0.3, 0.4) is 0 Å². The average molecular weight is 268 g/mol. The molecule has 1 aliphatic rings. The van der Waals surface area contributed by atoms with E-state index in [2.05, 4.69) is 38.4 Å². The molecule has 1 aliphatic heterocycles. The highest BCUT2D eigenvalue weighted by Gasteiger charge is 2.13. The Hall–Kier alpha value is -2.27. The minimum absolute atomic E-state index is 0.768. The summed E-state index contributed by atoms with van der Waals surface area (Å²) in [6.45, 7) is 4.17. The third-order valence-corrected chi connectivity index (χ3v) is 3.70. The molecule has 5 nitrogen and oxygen atoms in total. The van der Waals surface area contributed by atoms with Gasteiger partial charge in [-0.05, 0) is 30.3 Å². The van der Waals surface area contributed by atoms with Crippen LogP contribution in [0.4, 0.5) is 5.69 Å². The van der Waals surface area contributed by atoms with Crippen LogP contribution in [0.2, 0.25) is 0 Å². The fourth-order valence-corrected chi connectivity index (χ4v) is 2.65. The van der Waals surface area contributed by atoms with Gasteiger partial charge >= 0.3 is 0 Å². The normalized spacial score (nSPS) is 15.9. The zero-order valence-electron chi connectivity index (χ0n) is 11.1. The number of nitrogens with one attached hydrogen (secondary N) is 2. The molecule has 102 valence electrons. The van der Waals surface area contributed by atoms with E-state index in [4.69, 9.17) is 4.42 Å². The summed E-state index contributed by atoms with van der Waals surface area (Å²) in [5.41, 5.74) is 3.26. The molecule has 2 aromatic heterocycles. The van der Waals surface area contributed by atoms with Gasteiger partial charge in [0, 0.05) is 31.9 Å². The third kappa shape index (κ3) is 1.96. The number of rotatable bonds is 2. The van der Waals surface area contributed by atoms with E-state index in [1.807, 2.05) is 12.1 Å². The second-order valence-electron chi connectivity index (χ2n) is 5.00. The molecule has 0 atom stereocenters. The summed E-state index contributed by atoms with van der Waals surface area (Å²) in [5, 5.41) is 3.37. The van der Waals surface area contributed by atoms with Crippen LogP contribution in [0.25, 0.3) is 22.6 Å². The van der Waals surface area contributed by atoms with Crippen molar-refractivity contribution in [3.8, 4) is 11.6 Å². The maximum absolute atomic E-state index is 5.38. The van der Waals surface area contributed by atoms with Gasteiger partial charge in [0.05, 0.1) is 17.3 Å². The minimum atomic E-state index is 0.768. The fourth-order valence-electron chi connectivity index (χ4n) is 2.65. The first-order valence-corrected chi connectivity index (χ1v) is 6.89. The molecule has 1 fully saturated rings. The number of hydrogen-bond donors (Lipinski definition) is 2. The van der Waals surface area contributed by atoms with E-state index in [-0.39, 0.29) is 0 Å². The van der Waals surface area contributed by atoms with Crippen LogP contribution in [0, 0.1) is 0 Å². The first kappa shape index (κ1) is 11.5. The molecule has 5 heteroatoms. The van der Waals surface area contributed by atoms with Crippen LogP contribution in [-0.2, 0) is 0 Å². The summed E-state index contributed by atoms with van der Waals surface area (Å²) in [7, 11) is 0. The van der Waals surface area contributed by atoms with E-state index in [1.54, 1.807) is 6.26 Å². The number of fused-ring (bicyclic) bond motifs is 1. The molecular formula is C15H16N4O. The molecule has 1 saturated heterocycles. The van der Waals surface area contributed by atoms with Crippen molar-refractivity contribution in [3.05, 3.63) is 36.6 Å². The number of nitrogens with zero attached hydrogens (tertiary/aromatic N) is 2. The van der Waals surface area contributed by atoms with Crippen LogP contribution >= 0.6 is 0 Å². The lowest BCUT2D eigenvalue weighted by molar-refractivity contribution is 0.578. The first-order valence-electron chi connectivity index (χ1n) is 6.89. The van der Waals surface area contributed by atoms with Gasteiger partial charge < -0.3 is 19.6 Å². The van der Waals surface area contributed by atoms with Gasteiger partial charge in [0.2, 0.25) is 0 Å². The maximum atomic E-state index is 5.38. The van der Waals surface area contributed by atoms with Gasteiger partial charge in [-0.1, -0.05) is 0 Å². The zero-order chi connectivity index (χ0) is 13.4. The average Bonchev–Trinajstić information content (AvgIpc) is 3.16. The predicted molar refractivity (Wildman–Crippen MR) is 78.9 cm³/mol. The van der Waals surface area contributed by atoms with Gasteiger partial charge in [0.1, 0.15) is 0 Å². The van der Waals surface area contributed by atoms with Crippen molar-refractivity contribution in [2.75, 3.05) is 31.1 Å². The molecule has 20 heavy (non-hydrogen) atoms. The molecule has 0 bridgehead atoms. The van der Waals surface area contributed by atoms with Gasteiger partial charge in [0.25, 0.3) is 0 Å². The summed E-state index contributed by atoms with van der Waals surface area (Å²) in [4.78, 5) is 10.3. The second kappa shape index (κ2) is 4.68. The van der Waals surface area contributed by atoms with E-state index in [9.17, 15) is 0 Å². The van der Waals surface area contributed by atoms with Gasteiger partial charge in [-0.2, -0.15) is 0 Å². The molecule has 2 N–H and O–H groups in total. The Morgan fingerprint density at radius 3 is 2.85 bits per heavy atom. The number of aromatic amines is 1. The van der Waals surface area contributed by atoms with Gasteiger partial charge in [-0.15, -0.1) is 0 Å². The highest BCUT2D eigenvalue weighted by molar-refractivity contribution is 5.82. The van der Waals surface area contributed by atoms with Crippen molar-refractivity contribution in [1.29, 1.82) is 0 Å². The highest BCUT2D eigenvalue weighted by atomic mass is 16.3. The molecule has 3 heterocycles. The Kier molecular flexibility index (Phi) is 2.70. The SMILES string of the molecule is c1coc(-c2nc3ccc(N4CCNCC4)cc3[nH]2)c1. The number of hydrogen-bond acceptors (Lipinski definition) is 4. The lowest BCUT2D eigenvalue weighted by Crippen LogP contribution is -2.43. The lowest BCUT2D eigenvalue weighted by atomic mass is 10.2. The van der Waals surface area contributed by atoms with Gasteiger partial charge in [0.15, 0.2) is 11.6 Å². The van der Waals surface area contributed by atoms with Crippen LogP contribution < -0.4 is 10.2 Å². The first-order chi connectivity index (χ1) is 9.90. The Morgan fingerprint density at radius 2 is 2.05 bits per heavy atom. The number of imidazole rings is 1. The van der Waals surface area contributed by atoms with Crippen LogP contribution in [0.15, 0.2) is 41.0 Å². The second-order valence-corrected chi connectivity index (χ2v) is 5.00. The molecule has 0 unspecified atom stereocenters. The van der Waals surface area contributed by atoms with Crippen molar-refractivity contribution in [3.63, 3.8) is 0 Å². The molecule has 3 aromatic rings. The third-order valence-electron chi connectivity index (χ3n) is 3.70. The van der Waals surface area contributed by atoms with Gasteiger partial charge in [-0.25, -0.2) is 4.98 Å².